The Balaban J connectivity index is 1.34. The minimum Gasteiger partial charge on any atom is -0.480 e. The van der Waals surface area contributed by atoms with Gasteiger partial charge in [0, 0.05) is 24.0 Å². The number of amides is 1. The maximum absolute atomic E-state index is 12.5. The molecule has 0 bridgehead atoms. The van der Waals surface area contributed by atoms with E-state index in [0.717, 1.165) is 23.5 Å². The zero-order valence-electron chi connectivity index (χ0n) is 19.9. The molecule has 8 nitrogen and oxygen atoms in total. The first-order chi connectivity index (χ1) is 17.5. The highest BCUT2D eigenvalue weighted by atomic mass is 32.2. The van der Waals surface area contributed by atoms with Crippen LogP contribution in [-0.2, 0) is 17.9 Å². The minimum absolute atomic E-state index is 0.0780. The highest BCUT2D eigenvalue weighted by Gasteiger charge is 2.22. The van der Waals surface area contributed by atoms with Gasteiger partial charge in [-0.3, -0.25) is 4.79 Å². The smallest absolute Gasteiger partial charge is 0.326 e. The molecule has 9 heteroatoms. The van der Waals surface area contributed by atoms with Gasteiger partial charge in [-0.15, -0.1) is 0 Å². The molecule has 186 valence electrons. The predicted octanol–water partition coefficient (Wildman–Crippen LogP) is 4.74. The summed E-state index contributed by atoms with van der Waals surface area (Å²) in [6.45, 7) is 1.38. The molecule has 4 rings (SSSR count). The van der Waals surface area contributed by atoms with Gasteiger partial charge >= 0.3 is 5.97 Å². The van der Waals surface area contributed by atoms with Crippen molar-refractivity contribution in [3.8, 4) is 11.3 Å². The Labute approximate surface area is 213 Å². The summed E-state index contributed by atoms with van der Waals surface area (Å²) in [5.41, 5.74) is 4.03. The van der Waals surface area contributed by atoms with E-state index in [2.05, 4.69) is 32.3 Å². The number of furan rings is 1. The number of carboxylic acid groups (broad SMARTS) is 1. The zero-order valence-corrected chi connectivity index (χ0v) is 20.7. The van der Waals surface area contributed by atoms with E-state index in [0.29, 0.717) is 24.5 Å². The number of hydrogen-bond donors (Lipinski definition) is 3. The van der Waals surface area contributed by atoms with E-state index >= 15 is 0 Å². The molecule has 0 saturated carbocycles. The van der Waals surface area contributed by atoms with Crippen molar-refractivity contribution in [3.05, 3.63) is 96.3 Å². The van der Waals surface area contributed by atoms with Crippen molar-refractivity contribution in [3.63, 3.8) is 0 Å². The fourth-order valence-electron chi connectivity index (χ4n) is 3.70. The maximum atomic E-state index is 12.5. The Bertz CT molecular complexity index is 1280. The number of nitrogens with one attached hydrogen (secondary N) is 2. The van der Waals surface area contributed by atoms with E-state index in [4.69, 9.17) is 4.42 Å². The van der Waals surface area contributed by atoms with Crippen LogP contribution in [0.2, 0.25) is 0 Å². The predicted molar refractivity (Wildman–Crippen MR) is 141 cm³/mol. The van der Waals surface area contributed by atoms with E-state index < -0.39 is 17.9 Å². The Morgan fingerprint density at radius 1 is 1.08 bits per heavy atom. The Hall–Kier alpha value is -3.98. The Morgan fingerprint density at radius 3 is 2.58 bits per heavy atom. The third-order valence-corrected chi connectivity index (χ3v) is 6.33. The van der Waals surface area contributed by atoms with Crippen molar-refractivity contribution < 1.29 is 19.1 Å². The summed E-state index contributed by atoms with van der Waals surface area (Å²) in [6.07, 6.45) is 5.92. The molecule has 0 unspecified atom stereocenters. The van der Waals surface area contributed by atoms with Crippen molar-refractivity contribution in [1.82, 2.24) is 14.9 Å². The average Bonchev–Trinajstić information content (AvgIpc) is 3.56. The number of carbonyl (C=O) groups excluding carboxylic acids is 1. The van der Waals surface area contributed by atoms with Gasteiger partial charge in [-0.25, -0.2) is 9.78 Å². The zero-order chi connectivity index (χ0) is 25.3. The maximum Gasteiger partial charge on any atom is 0.326 e. The lowest BCUT2D eigenvalue weighted by molar-refractivity contribution is -0.139. The molecule has 0 aliphatic carbocycles. The third-order valence-electron chi connectivity index (χ3n) is 5.68. The van der Waals surface area contributed by atoms with Crippen LogP contribution in [0.3, 0.4) is 0 Å². The van der Waals surface area contributed by atoms with Gasteiger partial charge < -0.3 is 24.7 Å². The molecule has 0 radical (unpaired) electrons. The van der Waals surface area contributed by atoms with Gasteiger partial charge in [0.25, 0.3) is 5.91 Å². The van der Waals surface area contributed by atoms with Crippen molar-refractivity contribution >= 4 is 29.3 Å². The summed E-state index contributed by atoms with van der Waals surface area (Å²) in [6, 6.07) is 20.3. The normalized spacial score (nSPS) is 11.7. The van der Waals surface area contributed by atoms with Crippen molar-refractivity contribution in [2.75, 3.05) is 17.3 Å². The molecule has 1 atom stereocenters. The molecule has 2 heterocycles. The molecule has 0 spiro atoms. The van der Waals surface area contributed by atoms with Gasteiger partial charge in [-0.05, 0) is 60.4 Å². The number of thioether (sulfide) groups is 1. The number of benzene rings is 2. The third kappa shape index (κ3) is 6.57. The molecule has 2 aromatic carbocycles. The second-order valence-electron chi connectivity index (χ2n) is 8.24. The van der Waals surface area contributed by atoms with E-state index in [1.807, 2.05) is 61.2 Å². The lowest BCUT2D eigenvalue weighted by atomic mass is 10.1. The highest BCUT2D eigenvalue weighted by molar-refractivity contribution is 7.98. The van der Waals surface area contributed by atoms with E-state index in [1.54, 1.807) is 12.1 Å². The Kier molecular flexibility index (Phi) is 8.46. The molecule has 1 amide bonds. The average molecular weight is 505 g/mol. The molecule has 0 saturated heterocycles. The quantitative estimate of drug-likeness (QED) is 0.256. The summed E-state index contributed by atoms with van der Waals surface area (Å²) in [4.78, 5) is 28.2. The fourth-order valence-corrected chi connectivity index (χ4v) is 4.17. The molecular weight excluding hydrogens is 476 g/mol. The topological polar surface area (TPSA) is 109 Å². The molecule has 3 N–H and O–H groups in total. The monoisotopic (exact) mass is 504 g/mol. The number of aromatic nitrogens is 2. The van der Waals surface area contributed by atoms with Crippen LogP contribution in [-0.4, -0.2) is 44.6 Å². The van der Waals surface area contributed by atoms with Gasteiger partial charge in [0.1, 0.15) is 11.8 Å². The fraction of sp³-hybridized carbons (Fsp3) is 0.222. The van der Waals surface area contributed by atoms with Crippen LogP contribution in [0.1, 0.15) is 28.2 Å². The van der Waals surface area contributed by atoms with Crippen LogP contribution in [0.4, 0.5) is 5.69 Å². The molecule has 36 heavy (non-hydrogen) atoms. The number of rotatable bonds is 12. The first-order valence-electron chi connectivity index (χ1n) is 11.5. The standard InChI is InChI=1S/C27H28N4O4S/c1-36-14-13-23(27(33)34)30-26(32)25-12-11-24(35-25)20-7-9-21(10-8-20)29-16-22-15-28-18-31(22)17-19-5-3-2-4-6-19/h2-12,15,18,23,29H,13-14,16-17H2,1H3,(H,30,32)(H,33,34)/t23-/m0/s1. The number of nitrogens with zero attached hydrogens (tertiary/aromatic N) is 2. The van der Waals surface area contributed by atoms with Crippen LogP contribution >= 0.6 is 11.8 Å². The second-order valence-corrected chi connectivity index (χ2v) is 9.22. The molecule has 2 aromatic heterocycles. The van der Waals surface area contributed by atoms with Gasteiger partial charge in [-0.1, -0.05) is 30.3 Å². The van der Waals surface area contributed by atoms with Gasteiger partial charge in [0.15, 0.2) is 5.76 Å². The minimum atomic E-state index is -1.06. The summed E-state index contributed by atoms with van der Waals surface area (Å²) >= 11 is 1.53. The molecule has 0 fully saturated rings. The van der Waals surface area contributed by atoms with Crippen molar-refractivity contribution in [2.45, 2.75) is 25.6 Å². The van der Waals surface area contributed by atoms with Crippen molar-refractivity contribution in [1.29, 1.82) is 0 Å². The summed E-state index contributed by atoms with van der Waals surface area (Å²) in [5.74, 6) is -0.357. The number of hydrogen-bond acceptors (Lipinski definition) is 6. The van der Waals surface area contributed by atoms with Crippen LogP contribution in [0.15, 0.2) is 83.7 Å². The Morgan fingerprint density at radius 2 is 1.86 bits per heavy atom. The second kappa shape index (κ2) is 12.1. The van der Waals surface area contributed by atoms with Gasteiger partial charge in [-0.2, -0.15) is 11.8 Å². The first kappa shape index (κ1) is 25.1. The molecule has 0 aliphatic heterocycles. The lowest BCUT2D eigenvalue weighted by Gasteiger charge is -2.12. The molecular formula is C27H28N4O4S. The highest BCUT2D eigenvalue weighted by Crippen LogP contribution is 2.24. The molecule has 0 aliphatic rings. The number of carbonyl (C=O) groups is 2. The summed E-state index contributed by atoms with van der Waals surface area (Å²) < 4.78 is 7.82. The van der Waals surface area contributed by atoms with E-state index in [1.165, 1.54) is 17.3 Å². The summed E-state index contributed by atoms with van der Waals surface area (Å²) in [5, 5.41) is 15.3. The van der Waals surface area contributed by atoms with E-state index in [-0.39, 0.29) is 5.76 Å². The molecule has 4 aromatic rings. The number of aliphatic carboxylic acids is 1. The number of imidazole rings is 1. The van der Waals surface area contributed by atoms with Crippen LogP contribution in [0.5, 0.6) is 0 Å². The van der Waals surface area contributed by atoms with E-state index in [9.17, 15) is 14.7 Å². The van der Waals surface area contributed by atoms with Crippen LogP contribution < -0.4 is 10.6 Å². The SMILES string of the molecule is CSCC[C@H](NC(=O)c1ccc(-c2ccc(NCc3cncn3Cc3ccccc3)cc2)o1)C(=O)O. The number of anilines is 1. The largest absolute Gasteiger partial charge is 0.480 e. The lowest BCUT2D eigenvalue weighted by Crippen LogP contribution is -2.41. The summed E-state index contributed by atoms with van der Waals surface area (Å²) in [7, 11) is 0. The number of carboxylic acids is 1. The van der Waals surface area contributed by atoms with Gasteiger partial charge in [0.2, 0.25) is 0 Å². The first-order valence-corrected chi connectivity index (χ1v) is 12.9. The van der Waals surface area contributed by atoms with Gasteiger partial charge in [0.05, 0.1) is 18.6 Å². The van der Waals surface area contributed by atoms with Crippen molar-refractivity contribution in [2.24, 2.45) is 0 Å². The van der Waals surface area contributed by atoms with Crippen LogP contribution in [0.25, 0.3) is 11.3 Å². The van der Waals surface area contributed by atoms with Crippen LogP contribution in [0, 0.1) is 0 Å².